The summed E-state index contributed by atoms with van der Waals surface area (Å²) in [5, 5.41) is 8.24. The van der Waals surface area contributed by atoms with Crippen LogP contribution >= 0.6 is 11.6 Å². The second-order valence-electron chi connectivity index (χ2n) is 3.71. The van der Waals surface area contributed by atoms with Gasteiger partial charge in [-0.15, -0.1) is 10.2 Å². The predicted octanol–water partition coefficient (Wildman–Crippen LogP) is 2.20. The molecular formula is C12H13ClN4. The molecule has 0 spiro atoms. The molecule has 2 heterocycles. The molecule has 0 unspecified atom stereocenters. The van der Waals surface area contributed by atoms with Crippen LogP contribution < -0.4 is 4.90 Å². The molecule has 17 heavy (non-hydrogen) atoms. The van der Waals surface area contributed by atoms with Crippen LogP contribution in [0.5, 0.6) is 0 Å². The summed E-state index contributed by atoms with van der Waals surface area (Å²) in [6.45, 7) is 0.841. The minimum Gasteiger partial charge on any atom is -0.358 e. The van der Waals surface area contributed by atoms with Crippen LogP contribution in [0.25, 0.3) is 0 Å². The van der Waals surface area contributed by atoms with Crippen molar-refractivity contribution in [3.63, 3.8) is 0 Å². The summed E-state index contributed by atoms with van der Waals surface area (Å²) in [5.74, 6) is 0.810. The third-order valence-corrected chi connectivity index (χ3v) is 2.64. The van der Waals surface area contributed by atoms with Crippen LogP contribution in [0.2, 0.25) is 5.15 Å². The maximum absolute atomic E-state index is 5.69. The lowest BCUT2D eigenvalue weighted by Gasteiger charge is -2.16. The van der Waals surface area contributed by atoms with Gasteiger partial charge in [0.2, 0.25) is 0 Å². The van der Waals surface area contributed by atoms with Crippen LogP contribution in [-0.2, 0) is 6.42 Å². The summed E-state index contributed by atoms with van der Waals surface area (Å²) in [6, 6.07) is 9.51. The van der Waals surface area contributed by atoms with Crippen molar-refractivity contribution >= 4 is 17.4 Å². The van der Waals surface area contributed by atoms with E-state index in [9.17, 15) is 0 Å². The summed E-state index contributed by atoms with van der Waals surface area (Å²) in [5.41, 5.74) is 1.07. The third kappa shape index (κ3) is 3.39. The third-order valence-electron chi connectivity index (χ3n) is 2.44. The number of halogens is 1. The first-order valence-corrected chi connectivity index (χ1v) is 5.74. The lowest BCUT2D eigenvalue weighted by Crippen LogP contribution is -2.21. The molecule has 0 atom stereocenters. The van der Waals surface area contributed by atoms with E-state index in [1.54, 1.807) is 12.3 Å². The number of pyridine rings is 1. The highest BCUT2D eigenvalue weighted by Crippen LogP contribution is 2.10. The summed E-state index contributed by atoms with van der Waals surface area (Å²) in [6.07, 6.45) is 2.68. The van der Waals surface area contributed by atoms with Gasteiger partial charge in [0, 0.05) is 31.9 Å². The molecule has 2 rings (SSSR count). The Morgan fingerprint density at radius 2 is 2.06 bits per heavy atom. The molecule has 0 fully saturated rings. The summed E-state index contributed by atoms with van der Waals surface area (Å²) in [4.78, 5) is 6.30. The largest absolute Gasteiger partial charge is 0.358 e. The van der Waals surface area contributed by atoms with Gasteiger partial charge < -0.3 is 4.90 Å². The van der Waals surface area contributed by atoms with Crippen molar-refractivity contribution in [2.75, 3.05) is 18.5 Å². The lowest BCUT2D eigenvalue weighted by atomic mass is 10.2. The zero-order chi connectivity index (χ0) is 12.1. The summed E-state index contributed by atoms with van der Waals surface area (Å²) < 4.78 is 0. The smallest absolute Gasteiger partial charge is 0.151 e. The van der Waals surface area contributed by atoms with Crippen LogP contribution in [0.15, 0.2) is 36.5 Å². The first-order chi connectivity index (χ1) is 8.25. The molecular weight excluding hydrogens is 236 g/mol. The predicted molar refractivity (Wildman–Crippen MR) is 68.3 cm³/mol. The molecule has 0 saturated carbocycles. The van der Waals surface area contributed by atoms with Crippen molar-refractivity contribution in [1.82, 2.24) is 15.2 Å². The van der Waals surface area contributed by atoms with E-state index in [0.29, 0.717) is 5.15 Å². The van der Waals surface area contributed by atoms with E-state index in [0.717, 1.165) is 24.5 Å². The second kappa shape index (κ2) is 5.59. The first kappa shape index (κ1) is 11.8. The number of likely N-dealkylation sites (N-methyl/N-ethyl adjacent to an activating group) is 1. The van der Waals surface area contributed by atoms with Gasteiger partial charge in [-0.3, -0.25) is 4.98 Å². The van der Waals surface area contributed by atoms with Gasteiger partial charge in [-0.1, -0.05) is 17.7 Å². The lowest BCUT2D eigenvalue weighted by molar-refractivity contribution is 0.823. The molecule has 5 heteroatoms. The molecule has 0 radical (unpaired) electrons. The number of nitrogens with zero attached hydrogens (tertiary/aromatic N) is 4. The fourth-order valence-electron chi connectivity index (χ4n) is 1.46. The van der Waals surface area contributed by atoms with Gasteiger partial charge in [-0.05, 0) is 24.3 Å². The van der Waals surface area contributed by atoms with E-state index in [1.165, 1.54) is 0 Å². The Bertz CT molecular complexity index is 458. The Balaban J connectivity index is 1.93. The average Bonchev–Trinajstić information content (AvgIpc) is 2.38. The van der Waals surface area contributed by atoms with E-state index in [4.69, 9.17) is 11.6 Å². The summed E-state index contributed by atoms with van der Waals surface area (Å²) in [7, 11) is 1.97. The number of hydrogen-bond donors (Lipinski definition) is 0. The van der Waals surface area contributed by atoms with Crippen molar-refractivity contribution in [2.24, 2.45) is 0 Å². The Kier molecular flexibility index (Phi) is 3.88. The van der Waals surface area contributed by atoms with Crippen LogP contribution in [-0.4, -0.2) is 28.8 Å². The fraction of sp³-hybridized carbons (Fsp3) is 0.250. The van der Waals surface area contributed by atoms with E-state index >= 15 is 0 Å². The van der Waals surface area contributed by atoms with Gasteiger partial charge in [-0.25, -0.2) is 0 Å². The summed E-state index contributed by atoms with van der Waals surface area (Å²) >= 11 is 5.69. The molecule has 2 aromatic rings. The highest BCUT2D eigenvalue weighted by atomic mass is 35.5. The fourth-order valence-corrected chi connectivity index (χ4v) is 1.56. The molecule has 0 aliphatic rings. The van der Waals surface area contributed by atoms with E-state index in [1.807, 2.05) is 36.2 Å². The zero-order valence-corrected chi connectivity index (χ0v) is 10.3. The van der Waals surface area contributed by atoms with Gasteiger partial charge in [0.05, 0.1) is 0 Å². The molecule has 0 N–H and O–H groups in total. The van der Waals surface area contributed by atoms with Crippen LogP contribution in [0.3, 0.4) is 0 Å². The molecule has 0 aromatic carbocycles. The Labute approximate surface area is 105 Å². The zero-order valence-electron chi connectivity index (χ0n) is 9.55. The molecule has 0 saturated heterocycles. The average molecular weight is 249 g/mol. The van der Waals surface area contributed by atoms with E-state index < -0.39 is 0 Å². The van der Waals surface area contributed by atoms with Crippen LogP contribution in [0, 0.1) is 0 Å². The quantitative estimate of drug-likeness (QED) is 0.832. The minimum atomic E-state index is 0.409. The van der Waals surface area contributed by atoms with Gasteiger partial charge in [0.15, 0.2) is 11.0 Å². The Morgan fingerprint density at radius 1 is 1.18 bits per heavy atom. The van der Waals surface area contributed by atoms with E-state index in [-0.39, 0.29) is 0 Å². The van der Waals surface area contributed by atoms with Gasteiger partial charge >= 0.3 is 0 Å². The SMILES string of the molecule is CN(CCc1ccccn1)c1ccc(Cl)nn1. The van der Waals surface area contributed by atoms with Crippen LogP contribution in [0.1, 0.15) is 5.69 Å². The Morgan fingerprint density at radius 3 is 2.71 bits per heavy atom. The monoisotopic (exact) mass is 248 g/mol. The van der Waals surface area contributed by atoms with Crippen molar-refractivity contribution in [3.8, 4) is 0 Å². The molecule has 0 aliphatic carbocycles. The van der Waals surface area contributed by atoms with Gasteiger partial charge in [-0.2, -0.15) is 0 Å². The van der Waals surface area contributed by atoms with Crippen molar-refractivity contribution in [1.29, 1.82) is 0 Å². The van der Waals surface area contributed by atoms with Crippen molar-refractivity contribution in [2.45, 2.75) is 6.42 Å². The van der Waals surface area contributed by atoms with Crippen molar-refractivity contribution < 1.29 is 0 Å². The molecule has 0 aliphatic heterocycles. The highest BCUT2D eigenvalue weighted by Gasteiger charge is 2.03. The maximum atomic E-state index is 5.69. The standard InChI is InChI=1S/C12H13ClN4/c1-17(12-6-5-11(13)15-16-12)9-7-10-4-2-3-8-14-10/h2-6,8H,7,9H2,1H3. The number of anilines is 1. The van der Waals surface area contributed by atoms with Crippen molar-refractivity contribution in [3.05, 3.63) is 47.4 Å². The highest BCUT2D eigenvalue weighted by molar-refractivity contribution is 6.29. The maximum Gasteiger partial charge on any atom is 0.151 e. The second-order valence-corrected chi connectivity index (χ2v) is 4.09. The molecule has 2 aromatic heterocycles. The molecule has 0 bridgehead atoms. The Hall–Kier alpha value is -1.68. The van der Waals surface area contributed by atoms with Gasteiger partial charge in [0.25, 0.3) is 0 Å². The number of rotatable bonds is 4. The molecule has 4 nitrogen and oxygen atoms in total. The van der Waals surface area contributed by atoms with Gasteiger partial charge in [0.1, 0.15) is 0 Å². The molecule has 88 valence electrons. The number of hydrogen-bond acceptors (Lipinski definition) is 4. The molecule has 0 amide bonds. The van der Waals surface area contributed by atoms with E-state index in [2.05, 4.69) is 15.2 Å². The number of aromatic nitrogens is 3. The first-order valence-electron chi connectivity index (χ1n) is 5.36. The minimum absolute atomic E-state index is 0.409. The van der Waals surface area contributed by atoms with Crippen LogP contribution in [0.4, 0.5) is 5.82 Å². The normalized spacial score (nSPS) is 10.2. The topological polar surface area (TPSA) is 41.9 Å².